The number of likely N-dealkylation sites (tertiary alicyclic amines) is 1. The molecule has 0 radical (unpaired) electrons. The van der Waals surface area contributed by atoms with Gasteiger partial charge in [0, 0.05) is 13.1 Å². The Labute approximate surface area is 196 Å². The molecule has 1 aliphatic rings. The molecule has 0 spiro atoms. The van der Waals surface area contributed by atoms with Crippen molar-refractivity contribution in [1.29, 1.82) is 0 Å². The Bertz CT molecular complexity index is 1180. The Morgan fingerprint density at radius 3 is 2.68 bits per heavy atom. The van der Waals surface area contributed by atoms with Crippen LogP contribution in [0, 0.1) is 5.82 Å². The second-order valence-electron chi connectivity index (χ2n) is 8.40. The van der Waals surface area contributed by atoms with E-state index in [1.165, 1.54) is 12.1 Å². The summed E-state index contributed by atoms with van der Waals surface area (Å²) in [5, 5.41) is 12.8. The second kappa shape index (κ2) is 10.6. The highest BCUT2D eigenvalue weighted by Gasteiger charge is 2.31. The number of halogens is 1. The number of H-pyrrole nitrogens is 1. The van der Waals surface area contributed by atoms with E-state index in [1.807, 2.05) is 42.3 Å². The molecule has 3 aromatic rings. The average Bonchev–Trinajstić information content (AvgIpc) is 2.85. The molecule has 34 heavy (non-hydrogen) atoms. The number of carbonyl (C=O) groups is 1. The van der Waals surface area contributed by atoms with Crippen molar-refractivity contribution in [3.8, 4) is 5.75 Å². The van der Waals surface area contributed by atoms with Crippen LogP contribution >= 0.6 is 0 Å². The Morgan fingerprint density at radius 2 is 1.94 bits per heavy atom. The normalized spacial score (nSPS) is 18.5. The van der Waals surface area contributed by atoms with E-state index in [0.29, 0.717) is 24.4 Å². The minimum Gasteiger partial charge on any atom is -0.501 e. The van der Waals surface area contributed by atoms with Crippen molar-refractivity contribution in [3.63, 3.8) is 0 Å². The van der Waals surface area contributed by atoms with Crippen molar-refractivity contribution in [2.75, 3.05) is 13.6 Å². The first-order chi connectivity index (χ1) is 16.4. The lowest BCUT2D eigenvalue weighted by molar-refractivity contribution is -0.0199. The smallest absolute Gasteiger partial charge is 0.293 e. The zero-order valence-corrected chi connectivity index (χ0v) is 18.8. The van der Waals surface area contributed by atoms with E-state index in [-0.39, 0.29) is 30.2 Å². The van der Waals surface area contributed by atoms with Crippen LogP contribution in [0.5, 0.6) is 5.75 Å². The molecular formula is C25H27FN4O4. The van der Waals surface area contributed by atoms with E-state index in [1.54, 1.807) is 12.1 Å². The number of ether oxygens (including phenoxy) is 1. The van der Waals surface area contributed by atoms with Crippen LogP contribution in [0.25, 0.3) is 0 Å². The Morgan fingerprint density at radius 1 is 1.21 bits per heavy atom. The third-order valence-electron chi connectivity index (χ3n) is 5.96. The molecule has 0 bridgehead atoms. The molecular weight excluding hydrogens is 439 g/mol. The molecule has 3 N–H and O–H groups in total. The summed E-state index contributed by atoms with van der Waals surface area (Å²) in [5.74, 6) is -1.51. The largest absolute Gasteiger partial charge is 0.501 e. The summed E-state index contributed by atoms with van der Waals surface area (Å²) in [6, 6.07) is 15.3. The van der Waals surface area contributed by atoms with Crippen LogP contribution in [0.3, 0.4) is 0 Å². The number of amides is 1. The van der Waals surface area contributed by atoms with E-state index < -0.39 is 17.2 Å². The molecule has 1 amide bonds. The van der Waals surface area contributed by atoms with E-state index in [9.17, 15) is 19.1 Å². The van der Waals surface area contributed by atoms with Gasteiger partial charge in [-0.25, -0.2) is 9.37 Å². The lowest BCUT2D eigenvalue weighted by Gasteiger charge is -2.36. The number of aromatic hydroxyl groups is 1. The van der Waals surface area contributed by atoms with Crippen LogP contribution in [0.4, 0.5) is 4.39 Å². The third-order valence-corrected chi connectivity index (χ3v) is 5.96. The summed E-state index contributed by atoms with van der Waals surface area (Å²) in [6.45, 7) is 1.31. The number of aromatic nitrogens is 2. The fraction of sp³-hybridized carbons (Fsp3) is 0.320. The van der Waals surface area contributed by atoms with Crippen LogP contribution in [0.15, 0.2) is 59.4 Å². The number of benzene rings is 2. The number of hydrogen-bond donors (Lipinski definition) is 3. The molecule has 8 nitrogen and oxygen atoms in total. The third kappa shape index (κ3) is 5.67. The predicted octanol–water partition coefficient (Wildman–Crippen LogP) is 2.90. The van der Waals surface area contributed by atoms with Gasteiger partial charge in [-0.3, -0.25) is 14.5 Å². The maximum atomic E-state index is 13.1. The first-order valence-electron chi connectivity index (χ1n) is 11.1. The zero-order valence-electron chi connectivity index (χ0n) is 18.8. The van der Waals surface area contributed by atoms with Crippen LogP contribution in [-0.4, -0.2) is 45.6 Å². The minimum atomic E-state index is -0.780. The van der Waals surface area contributed by atoms with Gasteiger partial charge in [-0.15, -0.1) is 0 Å². The lowest BCUT2D eigenvalue weighted by atomic mass is 9.99. The maximum Gasteiger partial charge on any atom is 0.293 e. The summed E-state index contributed by atoms with van der Waals surface area (Å²) in [7, 11) is 1.92. The molecule has 178 valence electrons. The quantitative estimate of drug-likeness (QED) is 0.494. The highest BCUT2D eigenvalue weighted by atomic mass is 19.1. The molecule has 2 atom stereocenters. The standard InChI is InChI=1S/C25H27FN4O4/c1-30-12-11-19(34-15-17-5-3-2-4-6-17)13-20(30)23-28-21(22(31)25(33)29-23)24(32)27-14-16-7-9-18(26)10-8-16/h2-10,19-20,31H,11-15H2,1H3,(H,27,32)(H,28,29,33). The van der Waals surface area contributed by atoms with Gasteiger partial charge in [-0.2, -0.15) is 0 Å². The predicted molar refractivity (Wildman–Crippen MR) is 124 cm³/mol. The van der Waals surface area contributed by atoms with Crippen molar-refractivity contribution in [1.82, 2.24) is 20.2 Å². The van der Waals surface area contributed by atoms with E-state index >= 15 is 0 Å². The van der Waals surface area contributed by atoms with Crippen LogP contribution in [-0.2, 0) is 17.9 Å². The van der Waals surface area contributed by atoms with Gasteiger partial charge in [0.1, 0.15) is 11.6 Å². The summed E-state index contributed by atoms with van der Waals surface area (Å²) in [6.07, 6.45) is 1.36. The highest BCUT2D eigenvalue weighted by molar-refractivity contribution is 5.94. The molecule has 2 aromatic carbocycles. The number of nitrogens with one attached hydrogen (secondary N) is 2. The maximum absolute atomic E-state index is 13.1. The number of hydrogen-bond acceptors (Lipinski definition) is 6. The molecule has 0 saturated carbocycles. The zero-order chi connectivity index (χ0) is 24.1. The molecule has 1 saturated heterocycles. The van der Waals surface area contributed by atoms with Gasteiger partial charge in [-0.05, 0) is 43.1 Å². The van der Waals surface area contributed by atoms with Gasteiger partial charge in [-0.1, -0.05) is 42.5 Å². The molecule has 2 unspecified atom stereocenters. The topological polar surface area (TPSA) is 108 Å². The van der Waals surface area contributed by atoms with Crippen molar-refractivity contribution in [2.24, 2.45) is 0 Å². The molecule has 9 heteroatoms. The van der Waals surface area contributed by atoms with Gasteiger partial charge in [0.05, 0.1) is 18.8 Å². The monoisotopic (exact) mass is 466 g/mol. The van der Waals surface area contributed by atoms with E-state index in [2.05, 4.69) is 15.3 Å². The molecule has 0 aliphatic carbocycles. The van der Waals surface area contributed by atoms with Crippen molar-refractivity contribution >= 4 is 5.91 Å². The summed E-state index contributed by atoms with van der Waals surface area (Å²) in [4.78, 5) is 34.1. The first kappa shape index (κ1) is 23.6. The van der Waals surface area contributed by atoms with Crippen LogP contribution in [0.2, 0.25) is 0 Å². The van der Waals surface area contributed by atoms with Crippen molar-refractivity contribution < 1.29 is 19.0 Å². The van der Waals surface area contributed by atoms with Crippen molar-refractivity contribution in [2.45, 2.75) is 38.1 Å². The molecule has 4 rings (SSSR count). The molecule has 1 aliphatic heterocycles. The average molecular weight is 467 g/mol. The van der Waals surface area contributed by atoms with Gasteiger partial charge >= 0.3 is 0 Å². The van der Waals surface area contributed by atoms with Gasteiger partial charge in [0.25, 0.3) is 11.5 Å². The first-order valence-corrected chi connectivity index (χ1v) is 11.1. The number of piperidine rings is 1. The molecule has 1 aromatic heterocycles. The minimum absolute atomic E-state index is 0.0451. The van der Waals surface area contributed by atoms with Gasteiger partial charge in [0.2, 0.25) is 5.75 Å². The summed E-state index contributed by atoms with van der Waals surface area (Å²) in [5.41, 5.74) is 0.623. The van der Waals surface area contributed by atoms with E-state index in [0.717, 1.165) is 18.5 Å². The number of aromatic amines is 1. The van der Waals surface area contributed by atoms with Crippen molar-refractivity contribution in [3.05, 3.63) is 93.4 Å². The Kier molecular flexibility index (Phi) is 7.34. The molecule has 1 fully saturated rings. The second-order valence-corrected chi connectivity index (χ2v) is 8.40. The highest BCUT2D eigenvalue weighted by Crippen LogP contribution is 2.30. The van der Waals surface area contributed by atoms with Crippen LogP contribution < -0.4 is 10.9 Å². The Hall–Kier alpha value is -3.56. The lowest BCUT2D eigenvalue weighted by Crippen LogP contribution is -2.39. The number of nitrogens with zero attached hydrogens (tertiary/aromatic N) is 2. The van der Waals surface area contributed by atoms with Gasteiger partial charge in [0.15, 0.2) is 5.69 Å². The fourth-order valence-electron chi connectivity index (χ4n) is 3.98. The summed E-state index contributed by atoms with van der Waals surface area (Å²) >= 11 is 0. The van der Waals surface area contributed by atoms with Crippen LogP contribution in [0.1, 0.15) is 46.3 Å². The Balaban J connectivity index is 1.47. The summed E-state index contributed by atoms with van der Waals surface area (Å²) < 4.78 is 19.2. The number of carbonyl (C=O) groups excluding carboxylic acids is 1. The van der Waals surface area contributed by atoms with Gasteiger partial charge < -0.3 is 20.1 Å². The number of rotatable bonds is 7. The van der Waals surface area contributed by atoms with E-state index in [4.69, 9.17) is 4.74 Å². The fourth-order valence-corrected chi connectivity index (χ4v) is 3.98. The molecule has 2 heterocycles. The SMILES string of the molecule is CN1CCC(OCc2ccccc2)CC1c1nc(C(=O)NCc2ccc(F)cc2)c(O)c(=O)[nH]1.